The number of nitrogens with zero attached hydrogens (tertiary/aromatic N) is 1. The van der Waals surface area contributed by atoms with Crippen LogP contribution in [0.25, 0.3) is 0 Å². The first kappa shape index (κ1) is 15.7. The Hall–Kier alpha value is -1.31. The molecule has 0 bridgehead atoms. The van der Waals surface area contributed by atoms with Crippen LogP contribution in [0.1, 0.15) is 13.3 Å². The molecule has 0 radical (unpaired) electrons. The van der Waals surface area contributed by atoms with Crippen molar-refractivity contribution in [3.8, 4) is 5.75 Å². The molecule has 6 nitrogen and oxygen atoms in total. The second-order valence-corrected chi connectivity index (χ2v) is 5.97. The zero-order valence-electron chi connectivity index (χ0n) is 11.2. The van der Waals surface area contributed by atoms with E-state index in [1.54, 1.807) is 0 Å². The number of nitrogen functional groups attached to an aromatic ring is 1. The number of methoxy groups -OCH3 is 1. The summed E-state index contributed by atoms with van der Waals surface area (Å²) in [5.41, 5.74) is 6.04. The summed E-state index contributed by atoms with van der Waals surface area (Å²) in [4.78, 5) is 0.112. The van der Waals surface area contributed by atoms with Gasteiger partial charge in [-0.1, -0.05) is 6.92 Å². The summed E-state index contributed by atoms with van der Waals surface area (Å²) in [5.74, 6) is 0.321. The molecule has 7 heteroatoms. The predicted octanol–water partition coefficient (Wildman–Crippen LogP) is 0.670. The maximum Gasteiger partial charge on any atom is 0.243 e. The first-order chi connectivity index (χ1) is 8.97. The topological polar surface area (TPSA) is 92.9 Å². The van der Waals surface area contributed by atoms with Gasteiger partial charge in [-0.05, 0) is 18.6 Å². The van der Waals surface area contributed by atoms with Crippen molar-refractivity contribution in [2.24, 2.45) is 0 Å². The molecule has 1 aromatic carbocycles. The summed E-state index contributed by atoms with van der Waals surface area (Å²) in [6.45, 7) is 2.09. The van der Waals surface area contributed by atoms with E-state index in [0.717, 1.165) is 0 Å². The second-order valence-electron chi connectivity index (χ2n) is 4.03. The molecule has 0 aromatic heterocycles. The fourth-order valence-electron chi connectivity index (χ4n) is 1.71. The normalized spacial score (nSPS) is 11.8. The van der Waals surface area contributed by atoms with Crippen LogP contribution < -0.4 is 10.5 Å². The minimum Gasteiger partial charge on any atom is -0.495 e. The van der Waals surface area contributed by atoms with Gasteiger partial charge < -0.3 is 15.6 Å². The standard InChI is InChI=1S/C12H20N2O4S/c1-3-6-14(7-8-15)19(16,17)10-4-5-11(13)12(9-10)18-2/h4-5,9,15H,3,6-8,13H2,1-2H3. The van der Waals surface area contributed by atoms with E-state index in [1.807, 2.05) is 6.92 Å². The van der Waals surface area contributed by atoms with Crippen LogP contribution in [0.4, 0.5) is 5.69 Å². The van der Waals surface area contributed by atoms with Crippen LogP contribution in [-0.2, 0) is 10.0 Å². The van der Waals surface area contributed by atoms with E-state index in [4.69, 9.17) is 15.6 Å². The van der Waals surface area contributed by atoms with Crippen molar-refractivity contribution >= 4 is 15.7 Å². The van der Waals surface area contributed by atoms with Crippen molar-refractivity contribution in [2.75, 3.05) is 32.5 Å². The number of hydrogen-bond acceptors (Lipinski definition) is 5. The van der Waals surface area contributed by atoms with Crippen molar-refractivity contribution in [3.63, 3.8) is 0 Å². The molecule has 0 aliphatic carbocycles. The van der Waals surface area contributed by atoms with E-state index in [-0.39, 0.29) is 18.0 Å². The molecule has 108 valence electrons. The Morgan fingerprint density at radius 2 is 2.05 bits per heavy atom. The van der Waals surface area contributed by atoms with E-state index in [9.17, 15) is 8.42 Å². The number of hydrogen-bond donors (Lipinski definition) is 2. The summed E-state index contributed by atoms with van der Waals surface area (Å²) < 4.78 is 31.1. The molecule has 0 amide bonds. The van der Waals surface area contributed by atoms with Gasteiger partial charge in [-0.15, -0.1) is 0 Å². The van der Waals surface area contributed by atoms with Gasteiger partial charge in [0.05, 0.1) is 24.3 Å². The second kappa shape index (κ2) is 6.74. The van der Waals surface area contributed by atoms with Gasteiger partial charge in [0.25, 0.3) is 0 Å². The Balaban J connectivity index is 3.17. The molecule has 0 unspecified atom stereocenters. The predicted molar refractivity (Wildman–Crippen MR) is 73.5 cm³/mol. The molecule has 0 aliphatic heterocycles. The molecule has 1 aromatic rings. The van der Waals surface area contributed by atoms with Crippen LogP contribution in [-0.4, -0.2) is 44.6 Å². The minimum absolute atomic E-state index is 0.0723. The number of aliphatic hydroxyl groups is 1. The van der Waals surface area contributed by atoms with Gasteiger partial charge in [0.15, 0.2) is 0 Å². The molecule has 0 atom stereocenters. The Bertz CT molecular complexity index is 510. The molecule has 0 fully saturated rings. The van der Waals surface area contributed by atoms with Crippen LogP contribution in [0.2, 0.25) is 0 Å². The van der Waals surface area contributed by atoms with Crippen LogP contribution in [0.3, 0.4) is 0 Å². The highest BCUT2D eigenvalue weighted by Crippen LogP contribution is 2.26. The molecular formula is C12H20N2O4S. The lowest BCUT2D eigenvalue weighted by Crippen LogP contribution is -2.34. The summed E-state index contributed by atoms with van der Waals surface area (Å²) in [5, 5.41) is 8.97. The lowest BCUT2D eigenvalue weighted by Gasteiger charge is -2.21. The fraction of sp³-hybridized carbons (Fsp3) is 0.500. The van der Waals surface area contributed by atoms with Crippen LogP contribution in [0.15, 0.2) is 23.1 Å². The lowest BCUT2D eigenvalue weighted by molar-refractivity contribution is 0.253. The highest BCUT2D eigenvalue weighted by atomic mass is 32.2. The SMILES string of the molecule is CCCN(CCO)S(=O)(=O)c1ccc(N)c(OC)c1. The number of anilines is 1. The maximum atomic E-state index is 12.4. The number of benzene rings is 1. The molecule has 0 spiro atoms. The molecule has 0 heterocycles. The van der Waals surface area contributed by atoms with E-state index >= 15 is 0 Å². The Labute approximate surface area is 113 Å². The third-order valence-electron chi connectivity index (χ3n) is 2.67. The average molecular weight is 288 g/mol. The number of rotatable bonds is 7. The zero-order chi connectivity index (χ0) is 14.5. The summed E-state index contributed by atoms with van der Waals surface area (Å²) in [7, 11) is -2.21. The molecule has 0 saturated carbocycles. The number of sulfonamides is 1. The molecule has 1 rings (SSSR count). The van der Waals surface area contributed by atoms with Gasteiger partial charge in [-0.3, -0.25) is 0 Å². The number of nitrogens with two attached hydrogens (primary N) is 1. The van der Waals surface area contributed by atoms with Crippen molar-refractivity contribution in [3.05, 3.63) is 18.2 Å². The quantitative estimate of drug-likeness (QED) is 0.719. The van der Waals surface area contributed by atoms with Gasteiger partial charge in [0, 0.05) is 19.2 Å². The smallest absolute Gasteiger partial charge is 0.243 e. The number of aliphatic hydroxyl groups excluding tert-OH is 1. The minimum atomic E-state index is -3.64. The average Bonchev–Trinajstić information content (AvgIpc) is 2.38. The van der Waals surface area contributed by atoms with Crippen molar-refractivity contribution < 1.29 is 18.3 Å². The van der Waals surface area contributed by atoms with Crippen molar-refractivity contribution in [1.29, 1.82) is 0 Å². The van der Waals surface area contributed by atoms with E-state index in [1.165, 1.54) is 29.6 Å². The third kappa shape index (κ3) is 3.59. The highest BCUT2D eigenvalue weighted by molar-refractivity contribution is 7.89. The molecule has 0 aliphatic rings. The van der Waals surface area contributed by atoms with E-state index in [0.29, 0.717) is 24.4 Å². The molecular weight excluding hydrogens is 268 g/mol. The highest BCUT2D eigenvalue weighted by Gasteiger charge is 2.24. The van der Waals surface area contributed by atoms with Crippen molar-refractivity contribution in [2.45, 2.75) is 18.2 Å². The van der Waals surface area contributed by atoms with E-state index < -0.39 is 10.0 Å². The van der Waals surface area contributed by atoms with Crippen molar-refractivity contribution in [1.82, 2.24) is 4.31 Å². The largest absolute Gasteiger partial charge is 0.495 e. The fourth-order valence-corrected chi connectivity index (χ4v) is 3.25. The van der Waals surface area contributed by atoms with Crippen LogP contribution in [0, 0.1) is 0 Å². The Morgan fingerprint density at radius 1 is 1.37 bits per heavy atom. The maximum absolute atomic E-state index is 12.4. The first-order valence-electron chi connectivity index (χ1n) is 6.01. The van der Waals surface area contributed by atoms with Gasteiger partial charge >= 0.3 is 0 Å². The zero-order valence-corrected chi connectivity index (χ0v) is 12.0. The first-order valence-corrected chi connectivity index (χ1v) is 7.45. The number of ether oxygens (including phenoxy) is 1. The molecule has 0 saturated heterocycles. The summed E-state index contributed by atoms with van der Waals surface area (Å²) in [6.07, 6.45) is 0.672. The monoisotopic (exact) mass is 288 g/mol. The van der Waals surface area contributed by atoms with Crippen LogP contribution in [0.5, 0.6) is 5.75 Å². The van der Waals surface area contributed by atoms with Crippen LogP contribution >= 0.6 is 0 Å². The van der Waals surface area contributed by atoms with Gasteiger partial charge in [0.1, 0.15) is 5.75 Å². The molecule has 3 N–H and O–H groups in total. The summed E-state index contributed by atoms with van der Waals surface area (Å²) >= 11 is 0. The Kier molecular flexibility index (Phi) is 5.59. The van der Waals surface area contributed by atoms with Gasteiger partial charge in [-0.25, -0.2) is 8.42 Å². The summed E-state index contributed by atoms with van der Waals surface area (Å²) in [6, 6.07) is 4.33. The lowest BCUT2D eigenvalue weighted by atomic mass is 10.3. The van der Waals surface area contributed by atoms with Gasteiger partial charge in [-0.2, -0.15) is 4.31 Å². The molecule has 19 heavy (non-hydrogen) atoms. The third-order valence-corrected chi connectivity index (χ3v) is 4.56. The van der Waals surface area contributed by atoms with E-state index in [2.05, 4.69) is 0 Å². The Morgan fingerprint density at radius 3 is 2.58 bits per heavy atom. The van der Waals surface area contributed by atoms with Gasteiger partial charge in [0.2, 0.25) is 10.0 Å².